The van der Waals surface area contributed by atoms with Crippen LogP contribution in [-0.4, -0.2) is 19.1 Å². The third kappa shape index (κ3) is 5.84. The molecule has 290 valence electrons. The Labute approximate surface area is 359 Å². The van der Waals surface area contributed by atoms with Crippen LogP contribution in [0.4, 0.5) is 0 Å². The maximum Gasteiger partial charge on any atom is 0.160 e. The lowest BCUT2D eigenvalue weighted by Gasteiger charge is -2.21. The molecule has 0 aliphatic carbocycles. The molecule has 3 heterocycles. The summed E-state index contributed by atoms with van der Waals surface area (Å²) < 4.78 is 4.88. The molecule has 0 bridgehead atoms. The van der Waals surface area contributed by atoms with Crippen LogP contribution in [0.1, 0.15) is 0 Å². The fraction of sp³-hybridized carbons (Fsp3) is 0. The van der Waals surface area contributed by atoms with Gasteiger partial charge in [-0.25, -0.2) is 9.97 Å². The normalized spacial score (nSPS) is 11.5. The summed E-state index contributed by atoms with van der Waals surface area (Å²) in [7, 11) is 0. The van der Waals surface area contributed by atoms with Gasteiger partial charge in [-0.05, 0) is 53.6 Å². The molecule has 4 heteroatoms. The van der Waals surface area contributed by atoms with Crippen LogP contribution >= 0.6 is 0 Å². The van der Waals surface area contributed by atoms with E-state index in [9.17, 15) is 0 Å². The number of hydrogen-bond donors (Lipinski definition) is 0. The van der Waals surface area contributed by atoms with Gasteiger partial charge in [-0.2, -0.15) is 0 Å². The van der Waals surface area contributed by atoms with E-state index in [-0.39, 0.29) is 0 Å². The van der Waals surface area contributed by atoms with E-state index in [0.29, 0.717) is 5.82 Å². The molecular weight excluding hydrogens is 753 g/mol. The fourth-order valence-electron chi connectivity index (χ4n) is 9.39. The zero-order chi connectivity index (χ0) is 41.0. The largest absolute Gasteiger partial charge is 0.309 e. The molecule has 0 fully saturated rings. The van der Waals surface area contributed by atoms with Gasteiger partial charge in [0.2, 0.25) is 0 Å². The van der Waals surface area contributed by atoms with E-state index >= 15 is 0 Å². The average molecular weight is 791 g/mol. The highest BCUT2D eigenvalue weighted by atomic mass is 15.0. The van der Waals surface area contributed by atoms with Crippen molar-refractivity contribution in [1.29, 1.82) is 0 Å². The minimum Gasteiger partial charge on any atom is -0.309 e. The molecule has 3 aromatic heterocycles. The molecule has 0 radical (unpaired) electrons. The summed E-state index contributed by atoms with van der Waals surface area (Å²) in [6.45, 7) is 0. The van der Waals surface area contributed by atoms with Gasteiger partial charge in [-0.1, -0.05) is 188 Å². The topological polar surface area (TPSA) is 35.6 Å². The molecule has 0 unspecified atom stereocenters. The average Bonchev–Trinajstić information content (AvgIpc) is 3.87. The van der Waals surface area contributed by atoms with Crippen molar-refractivity contribution in [2.45, 2.75) is 0 Å². The highest BCUT2D eigenvalue weighted by Crippen LogP contribution is 2.44. The summed E-state index contributed by atoms with van der Waals surface area (Å²) in [5.74, 6) is 0.685. The molecule has 0 aliphatic rings. The highest BCUT2D eigenvalue weighted by Gasteiger charge is 2.22. The van der Waals surface area contributed by atoms with Crippen molar-refractivity contribution in [2.75, 3.05) is 0 Å². The zero-order valence-corrected chi connectivity index (χ0v) is 33.7. The number of rotatable bonds is 7. The second kappa shape index (κ2) is 14.7. The molecule has 0 aliphatic heterocycles. The maximum atomic E-state index is 5.17. The van der Waals surface area contributed by atoms with E-state index < -0.39 is 0 Å². The zero-order valence-electron chi connectivity index (χ0n) is 33.7. The maximum absolute atomic E-state index is 5.17. The Morgan fingerprint density at radius 3 is 1.18 bits per heavy atom. The summed E-state index contributed by atoms with van der Waals surface area (Å²) >= 11 is 0. The lowest BCUT2D eigenvalue weighted by molar-refractivity contribution is 1.17. The molecule has 12 aromatic rings. The number of fused-ring (bicyclic) bond motifs is 6. The van der Waals surface area contributed by atoms with Crippen molar-refractivity contribution in [3.63, 3.8) is 0 Å². The molecule has 0 amide bonds. The molecule has 0 spiro atoms. The van der Waals surface area contributed by atoms with E-state index in [1.807, 2.05) is 12.1 Å². The summed E-state index contributed by atoms with van der Waals surface area (Å²) in [6, 6.07) is 82.2. The predicted octanol–water partition coefficient (Wildman–Crippen LogP) is 15.0. The van der Waals surface area contributed by atoms with E-state index in [2.05, 4.69) is 228 Å². The van der Waals surface area contributed by atoms with Gasteiger partial charge >= 0.3 is 0 Å². The third-order valence-corrected chi connectivity index (χ3v) is 12.2. The van der Waals surface area contributed by atoms with Gasteiger partial charge in [0, 0.05) is 49.4 Å². The molecule has 0 saturated carbocycles. The first-order chi connectivity index (χ1) is 30.8. The molecule has 4 nitrogen and oxygen atoms in total. The van der Waals surface area contributed by atoms with E-state index in [4.69, 9.17) is 9.97 Å². The first-order valence-electron chi connectivity index (χ1n) is 21.1. The molecule has 0 N–H and O–H groups in total. The van der Waals surface area contributed by atoms with E-state index in [0.717, 1.165) is 61.7 Å². The molecule has 0 saturated heterocycles. The van der Waals surface area contributed by atoms with Crippen LogP contribution in [0.25, 0.3) is 111 Å². The quantitative estimate of drug-likeness (QED) is 0.161. The van der Waals surface area contributed by atoms with Crippen molar-refractivity contribution in [1.82, 2.24) is 19.1 Å². The van der Waals surface area contributed by atoms with Gasteiger partial charge in [0.15, 0.2) is 5.82 Å². The number of benzene rings is 9. The second-order valence-corrected chi connectivity index (χ2v) is 15.7. The lowest BCUT2D eigenvalue weighted by Crippen LogP contribution is -2.02. The van der Waals surface area contributed by atoms with Crippen LogP contribution in [0.3, 0.4) is 0 Å². The van der Waals surface area contributed by atoms with E-state index in [1.165, 1.54) is 43.6 Å². The van der Waals surface area contributed by atoms with Crippen LogP contribution in [0.5, 0.6) is 0 Å². The Hall–Kier alpha value is -8.34. The van der Waals surface area contributed by atoms with Crippen LogP contribution in [0.2, 0.25) is 0 Å². The van der Waals surface area contributed by atoms with Gasteiger partial charge in [0.25, 0.3) is 0 Å². The Balaban J connectivity index is 1.10. The van der Waals surface area contributed by atoms with Gasteiger partial charge in [0.1, 0.15) is 0 Å². The lowest BCUT2D eigenvalue weighted by atomic mass is 9.91. The molecule has 12 rings (SSSR count). The summed E-state index contributed by atoms with van der Waals surface area (Å²) in [5, 5.41) is 4.93. The number of nitrogens with zero attached hydrogens (tertiary/aromatic N) is 4. The molecule has 9 aromatic carbocycles. The smallest absolute Gasteiger partial charge is 0.160 e. The van der Waals surface area contributed by atoms with Crippen LogP contribution in [-0.2, 0) is 0 Å². The number of aromatic nitrogens is 4. The van der Waals surface area contributed by atoms with Gasteiger partial charge in [-0.15, -0.1) is 0 Å². The molecule has 0 atom stereocenters. The van der Waals surface area contributed by atoms with Crippen molar-refractivity contribution in [2.24, 2.45) is 0 Å². The number of hydrogen-bond acceptors (Lipinski definition) is 2. The van der Waals surface area contributed by atoms with Gasteiger partial charge in [0.05, 0.1) is 44.8 Å². The Morgan fingerprint density at radius 2 is 0.661 bits per heavy atom. The van der Waals surface area contributed by atoms with Crippen molar-refractivity contribution >= 4 is 43.6 Å². The minimum absolute atomic E-state index is 0.685. The monoisotopic (exact) mass is 790 g/mol. The Morgan fingerprint density at radius 1 is 0.274 bits per heavy atom. The number of para-hydroxylation sites is 5. The van der Waals surface area contributed by atoms with Crippen LogP contribution < -0.4 is 0 Å². The van der Waals surface area contributed by atoms with Crippen LogP contribution in [0.15, 0.2) is 231 Å². The molecular formula is C58H38N4. The first kappa shape index (κ1) is 35.6. The Bertz CT molecular complexity index is 3450. The Kier molecular flexibility index (Phi) is 8.46. The van der Waals surface area contributed by atoms with Crippen molar-refractivity contribution in [3.8, 4) is 67.5 Å². The minimum atomic E-state index is 0.685. The molecule has 62 heavy (non-hydrogen) atoms. The SMILES string of the molecule is c1ccc(-c2cc(-c3ccccc3)nc(-c3ccc(-c4c(-c5ccccc5-n5c6ccccc6c6ccccc65)cccc4-n4c5ccccc5c5ccccc54)cc3)n2)cc1. The summed E-state index contributed by atoms with van der Waals surface area (Å²) in [5.41, 5.74) is 16.3. The summed E-state index contributed by atoms with van der Waals surface area (Å²) in [4.78, 5) is 10.3. The first-order valence-corrected chi connectivity index (χ1v) is 21.1. The predicted molar refractivity (Wildman–Crippen MR) is 258 cm³/mol. The second-order valence-electron chi connectivity index (χ2n) is 15.7. The van der Waals surface area contributed by atoms with Gasteiger partial charge in [-0.3, -0.25) is 0 Å². The summed E-state index contributed by atoms with van der Waals surface area (Å²) in [6.07, 6.45) is 0. The van der Waals surface area contributed by atoms with Crippen molar-refractivity contribution < 1.29 is 0 Å². The fourth-order valence-corrected chi connectivity index (χ4v) is 9.39. The standard InChI is InChI=1S/C58H38N4/c1-3-18-39(19-4-1)49-38-50(40-20-5-2-6-21-40)60-58(59-49)42-36-34-41(35-37-42)57-48(27-17-33-56(57)62-53-30-14-9-24-45(53)46-25-10-15-31-54(46)62)47-26-11-16-32-55(47)61-51-28-12-7-22-43(51)44-23-8-13-29-52(44)61/h1-38H. The highest BCUT2D eigenvalue weighted by molar-refractivity contribution is 6.11. The van der Waals surface area contributed by atoms with Crippen molar-refractivity contribution in [3.05, 3.63) is 231 Å². The van der Waals surface area contributed by atoms with Gasteiger partial charge < -0.3 is 9.13 Å². The third-order valence-electron chi connectivity index (χ3n) is 12.2. The van der Waals surface area contributed by atoms with Crippen LogP contribution in [0, 0.1) is 0 Å². The van der Waals surface area contributed by atoms with E-state index in [1.54, 1.807) is 0 Å².